The van der Waals surface area contributed by atoms with Crippen molar-refractivity contribution in [2.45, 2.75) is 129 Å². The van der Waals surface area contributed by atoms with E-state index >= 15 is 0 Å². The highest BCUT2D eigenvalue weighted by Gasteiger charge is 2.33. The number of carbonyl (C=O) groups excluding carboxylic acids is 5. The Bertz CT molecular complexity index is 2600. The number of rotatable bonds is 26. The lowest BCUT2D eigenvalue weighted by atomic mass is 9.99. The molecule has 6 rings (SSSR count). The van der Waals surface area contributed by atoms with Crippen molar-refractivity contribution in [3.8, 4) is 0 Å². The third-order valence-electron chi connectivity index (χ3n) is 12.6. The number of likely N-dealkylation sites (N-methyl/N-ethyl adjacent to an activating group) is 1. The Morgan fingerprint density at radius 1 is 0.500 bits per heavy atom. The second kappa shape index (κ2) is 24.9. The van der Waals surface area contributed by atoms with Gasteiger partial charge in [0.15, 0.2) is 0 Å². The van der Waals surface area contributed by atoms with E-state index in [9.17, 15) is 24.0 Å². The van der Waals surface area contributed by atoms with Gasteiger partial charge in [-0.3, -0.25) is 24.0 Å². The van der Waals surface area contributed by atoms with Crippen LogP contribution in [-0.4, -0.2) is 75.9 Å². The summed E-state index contributed by atoms with van der Waals surface area (Å²) in [4.78, 5) is 71.3. The topological polar surface area (TPSA) is 181 Å². The Labute approximate surface area is 401 Å². The summed E-state index contributed by atoms with van der Waals surface area (Å²) >= 11 is 0. The second-order valence-electron chi connectivity index (χ2n) is 18.3. The molecule has 0 bridgehead atoms. The molecule has 5 amide bonds. The van der Waals surface area contributed by atoms with Gasteiger partial charge in [-0.15, -0.1) is 0 Å². The van der Waals surface area contributed by atoms with Gasteiger partial charge in [0.1, 0.15) is 24.2 Å². The number of nitrogens with two attached hydrogens (primary N) is 1. The van der Waals surface area contributed by atoms with E-state index in [1.165, 1.54) is 0 Å². The summed E-state index contributed by atoms with van der Waals surface area (Å²) in [5.74, 6) is -2.72. The quantitative estimate of drug-likeness (QED) is 0.0360. The maximum absolute atomic E-state index is 15.0. The Hall–Kier alpha value is -6.73. The largest absolute Gasteiger partial charge is 0.368 e. The van der Waals surface area contributed by atoms with Crippen LogP contribution in [0.15, 0.2) is 122 Å². The van der Waals surface area contributed by atoms with Crippen LogP contribution in [0.4, 0.5) is 0 Å². The van der Waals surface area contributed by atoms with Crippen LogP contribution in [-0.2, 0) is 62.7 Å². The number of carbonyl (C=O) groups is 5. The maximum atomic E-state index is 15.0. The van der Waals surface area contributed by atoms with Gasteiger partial charge in [-0.25, -0.2) is 0 Å². The Kier molecular flexibility index (Phi) is 18.5. The number of nitrogens with one attached hydrogen (secondary N) is 5. The standard InChI is InChI=1S/C55H70N8O5/c1-6-8-28-62-35-40(42-24-16-18-26-49(42)62)33-47(54(67)58-44(51(56)64)30-37(3)4)61-53(66)46(32-39-22-14-11-15-23-39)59-55(68)48(60-52(65)45(57-5)31-38-20-12-10-13-21-38)34-41-36-63(29-9-7-2)50-27-19-17-25-43(41)50/h10-27,35-37,44-48,57H,6-9,28-34H2,1-5H3,(H2,56,64)(H,58,67)(H,59,68)(H,60,65)(H,61,66)/t44-,45+,46-,47+,48+/m0/s1. The molecule has 0 fully saturated rings. The average molecular weight is 923 g/mol. The minimum atomic E-state index is -1.18. The lowest BCUT2D eigenvalue weighted by Gasteiger charge is -2.27. The minimum Gasteiger partial charge on any atom is -0.368 e. The first-order chi connectivity index (χ1) is 32.9. The SMILES string of the molecule is CCCCn1cc(C[C@@H](NC(=O)[C@H](Cc2ccccc2)NC(=O)[C@@H](Cc2cn(CCCC)c3ccccc23)NC(=O)[C@@H](Cc2ccccc2)NC)C(=O)N[C@@H](CC(C)C)C(N)=O)c2ccccc21. The van der Waals surface area contributed by atoms with Crippen molar-refractivity contribution >= 4 is 51.3 Å². The maximum Gasteiger partial charge on any atom is 0.243 e. The van der Waals surface area contributed by atoms with Gasteiger partial charge in [0.25, 0.3) is 0 Å². The van der Waals surface area contributed by atoms with Crippen LogP contribution in [0, 0.1) is 5.92 Å². The van der Waals surface area contributed by atoms with Gasteiger partial charge in [0.05, 0.1) is 6.04 Å². The number of hydrogen-bond acceptors (Lipinski definition) is 6. The Balaban J connectivity index is 1.35. The number of fused-ring (bicyclic) bond motifs is 2. The second-order valence-corrected chi connectivity index (χ2v) is 18.3. The van der Waals surface area contributed by atoms with Crippen LogP contribution in [0.5, 0.6) is 0 Å². The average Bonchev–Trinajstić information content (AvgIpc) is 3.87. The molecule has 0 aliphatic carbocycles. The van der Waals surface area contributed by atoms with E-state index in [1.807, 2.05) is 123 Å². The lowest BCUT2D eigenvalue weighted by Crippen LogP contribution is -2.60. The number of primary amides is 1. The van der Waals surface area contributed by atoms with E-state index < -0.39 is 53.8 Å². The molecular formula is C55H70N8O5. The number of aryl methyl sites for hydroxylation is 2. The van der Waals surface area contributed by atoms with Gasteiger partial charge in [0, 0.05) is 66.6 Å². The molecule has 6 aromatic rings. The predicted octanol–water partition coefficient (Wildman–Crippen LogP) is 6.53. The molecule has 13 nitrogen and oxygen atoms in total. The number of amides is 5. The third-order valence-corrected chi connectivity index (χ3v) is 12.6. The summed E-state index contributed by atoms with van der Waals surface area (Å²) in [6, 6.07) is 30.0. The van der Waals surface area contributed by atoms with Crippen molar-refractivity contribution in [3.63, 3.8) is 0 Å². The molecule has 0 saturated heterocycles. The van der Waals surface area contributed by atoms with Crippen LogP contribution >= 0.6 is 0 Å². The van der Waals surface area contributed by atoms with Crippen molar-refractivity contribution in [3.05, 3.63) is 144 Å². The van der Waals surface area contributed by atoms with E-state index in [-0.39, 0.29) is 31.1 Å². The highest BCUT2D eigenvalue weighted by atomic mass is 16.2. The van der Waals surface area contributed by atoms with Gasteiger partial charge in [0.2, 0.25) is 29.5 Å². The molecule has 7 N–H and O–H groups in total. The molecule has 0 aliphatic rings. The first-order valence-corrected chi connectivity index (χ1v) is 24.3. The molecule has 4 aromatic carbocycles. The van der Waals surface area contributed by atoms with E-state index in [2.05, 4.69) is 61.8 Å². The number of aromatic nitrogens is 2. The van der Waals surface area contributed by atoms with Crippen LogP contribution in [0.3, 0.4) is 0 Å². The number of hydrogen-bond donors (Lipinski definition) is 6. The fourth-order valence-corrected chi connectivity index (χ4v) is 8.90. The minimum absolute atomic E-state index is 0.0471. The van der Waals surface area contributed by atoms with Crippen LogP contribution in [0.2, 0.25) is 0 Å². The summed E-state index contributed by atoms with van der Waals surface area (Å²) in [6.07, 6.45) is 9.06. The zero-order chi connectivity index (χ0) is 48.6. The molecule has 5 atom stereocenters. The van der Waals surface area contributed by atoms with Crippen LogP contribution < -0.4 is 32.3 Å². The molecule has 0 spiro atoms. The van der Waals surface area contributed by atoms with Crippen molar-refractivity contribution < 1.29 is 24.0 Å². The summed E-state index contributed by atoms with van der Waals surface area (Å²) in [6.45, 7) is 9.72. The zero-order valence-electron chi connectivity index (χ0n) is 40.3. The zero-order valence-corrected chi connectivity index (χ0v) is 40.3. The third kappa shape index (κ3) is 13.7. The van der Waals surface area contributed by atoms with E-state index in [0.717, 1.165) is 82.8 Å². The molecule has 2 heterocycles. The van der Waals surface area contributed by atoms with E-state index in [4.69, 9.17) is 5.73 Å². The van der Waals surface area contributed by atoms with Crippen molar-refractivity contribution in [1.29, 1.82) is 0 Å². The molecule has 0 aliphatic heterocycles. The Morgan fingerprint density at radius 2 is 0.868 bits per heavy atom. The van der Waals surface area contributed by atoms with Crippen molar-refractivity contribution in [2.24, 2.45) is 11.7 Å². The monoisotopic (exact) mass is 923 g/mol. The normalized spacial score (nSPS) is 13.7. The molecule has 68 heavy (non-hydrogen) atoms. The van der Waals surface area contributed by atoms with Gasteiger partial charge in [-0.05, 0) is 73.0 Å². The Morgan fingerprint density at radius 3 is 1.26 bits per heavy atom. The van der Waals surface area contributed by atoms with Gasteiger partial charge >= 0.3 is 0 Å². The van der Waals surface area contributed by atoms with Crippen LogP contribution in [0.25, 0.3) is 21.8 Å². The molecular weight excluding hydrogens is 853 g/mol. The van der Waals surface area contributed by atoms with Crippen molar-refractivity contribution in [2.75, 3.05) is 7.05 Å². The summed E-state index contributed by atoms with van der Waals surface area (Å²) < 4.78 is 4.36. The molecule has 0 unspecified atom stereocenters. The molecule has 13 heteroatoms. The number of nitrogens with zero attached hydrogens (tertiary/aromatic N) is 2. The van der Waals surface area contributed by atoms with Crippen LogP contribution in [0.1, 0.15) is 82.1 Å². The molecule has 0 saturated carbocycles. The predicted molar refractivity (Wildman–Crippen MR) is 271 cm³/mol. The first-order valence-electron chi connectivity index (χ1n) is 24.3. The fourth-order valence-electron chi connectivity index (χ4n) is 8.90. The number of para-hydroxylation sites is 2. The van der Waals surface area contributed by atoms with Crippen molar-refractivity contribution in [1.82, 2.24) is 35.7 Å². The molecule has 2 aromatic heterocycles. The summed E-state index contributed by atoms with van der Waals surface area (Å²) in [5, 5.41) is 17.0. The number of benzene rings is 4. The van der Waals surface area contributed by atoms with Gasteiger partial charge < -0.3 is 41.5 Å². The highest BCUT2D eigenvalue weighted by Crippen LogP contribution is 2.25. The fraction of sp³-hybridized carbons (Fsp3) is 0.400. The first kappa shape index (κ1) is 50.7. The lowest BCUT2D eigenvalue weighted by molar-refractivity contribution is -0.134. The number of unbranched alkanes of at least 4 members (excludes halogenated alkanes) is 2. The molecule has 0 radical (unpaired) electrons. The van der Waals surface area contributed by atoms with E-state index in [1.54, 1.807) is 7.05 Å². The summed E-state index contributed by atoms with van der Waals surface area (Å²) in [5.41, 5.74) is 11.3. The smallest absolute Gasteiger partial charge is 0.243 e. The van der Waals surface area contributed by atoms with E-state index in [0.29, 0.717) is 12.8 Å². The summed E-state index contributed by atoms with van der Waals surface area (Å²) in [7, 11) is 1.72. The van der Waals surface area contributed by atoms with Gasteiger partial charge in [-0.1, -0.05) is 138 Å². The highest BCUT2D eigenvalue weighted by molar-refractivity contribution is 5.97. The molecule has 360 valence electrons. The van der Waals surface area contributed by atoms with Gasteiger partial charge in [-0.2, -0.15) is 0 Å².